The lowest BCUT2D eigenvalue weighted by atomic mass is 10.2. The van der Waals surface area contributed by atoms with Gasteiger partial charge in [0.15, 0.2) is 5.96 Å². The zero-order chi connectivity index (χ0) is 22.1. The molecule has 0 saturated heterocycles. The second-order valence-electron chi connectivity index (χ2n) is 6.86. The van der Waals surface area contributed by atoms with E-state index in [9.17, 15) is 8.42 Å². The molecule has 0 aliphatic carbocycles. The fourth-order valence-electron chi connectivity index (χ4n) is 2.93. The van der Waals surface area contributed by atoms with Crippen molar-refractivity contribution in [2.24, 2.45) is 12.0 Å². The number of rotatable bonds is 10. The molecule has 9 nitrogen and oxygen atoms in total. The van der Waals surface area contributed by atoms with Crippen molar-refractivity contribution in [3.8, 4) is 0 Å². The average molecular weight is 437 g/mol. The molecule has 0 atom stereocenters. The minimum atomic E-state index is -3.58. The molecule has 0 saturated carbocycles. The molecule has 3 N–H and O–H groups in total. The average Bonchev–Trinajstić information content (AvgIpc) is 2.96. The fourth-order valence-corrected chi connectivity index (χ4v) is 4.01. The van der Waals surface area contributed by atoms with Crippen LogP contribution in [0.25, 0.3) is 0 Å². The van der Waals surface area contributed by atoms with Crippen LogP contribution in [0.15, 0.2) is 34.2 Å². The van der Waals surface area contributed by atoms with Crippen LogP contribution in [0, 0.1) is 13.8 Å². The Balaban J connectivity index is 2.09. The second-order valence-corrected chi connectivity index (χ2v) is 8.63. The maximum absolute atomic E-state index is 12.4. The maximum atomic E-state index is 12.4. The van der Waals surface area contributed by atoms with Crippen LogP contribution < -0.4 is 15.4 Å². The van der Waals surface area contributed by atoms with Gasteiger partial charge in [-0.15, -0.1) is 0 Å². The van der Waals surface area contributed by atoms with Gasteiger partial charge in [-0.1, -0.05) is 12.1 Å². The van der Waals surface area contributed by atoms with Gasteiger partial charge in [0, 0.05) is 45.0 Å². The fraction of sp³-hybridized carbons (Fsp3) is 0.500. The molecule has 166 valence electrons. The second kappa shape index (κ2) is 11.1. The summed E-state index contributed by atoms with van der Waals surface area (Å²) in [5.41, 5.74) is 4.03. The van der Waals surface area contributed by atoms with Crippen molar-refractivity contribution >= 4 is 16.0 Å². The van der Waals surface area contributed by atoms with Gasteiger partial charge in [0.25, 0.3) is 0 Å². The summed E-state index contributed by atoms with van der Waals surface area (Å²) in [5.74, 6) is 0.659. The number of hydrogen-bond donors (Lipinski definition) is 3. The molecular weight excluding hydrogens is 404 g/mol. The van der Waals surface area contributed by atoms with Gasteiger partial charge < -0.3 is 15.4 Å². The predicted molar refractivity (Wildman–Crippen MR) is 118 cm³/mol. The predicted octanol–water partition coefficient (Wildman–Crippen LogP) is 1.22. The van der Waals surface area contributed by atoms with Gasteiger partial charge in [-0.25, -0.2) is 18.1 Å². The number of nitrogens with one attached hydrogen (secondary N) is 3. The summed E-state index contributed by atoms with van der Waals surface area (Å²) in [4.78, 5) is 4.81. The summed E-state index contributed by atoms with van der Waals surface area (Å²) in [6.07, 6.45) is 0. The number of sulfonamides is 1. The SMILES string of the molecule is CCNC(=NCc1cccc(S(=O)(=O)NCCOC)c1)NCc1c(C)nn(C)c1C. The lowest BCUT2D eigenvalue weighted by molar-refractivity contribution is 0.204. The van der Waals surface area contributed by atoms with Gasteiger partial charge in [0.2, 0.25) is 10.0 Å². The Morgan fingerprint density at radius 1 is 1.27 bits per heavy atom. The van der Waals surface area contributed by atoms with E-state index < -0.39 is 10.0 Å². The third-order valence-corrected chi connectivity index (χ3v) is 6.12. The molecular formula is C20H32N6O3S. The Hall–Kier alpha value is -2.43. The molecule has 2 aromatic rings. The normalized spacial score (nSPS) is 12.2. The first-order chi connectivity index (χ1) is 14.3. The number of nitrogens with zero attached hydrogens (tertiary/aromatic N) is 3. The molecule has 0 bridgehead atoms. The van der Waals surface area contributed by atoms with Crippen molar-refractivity contribution < 1.29 is 13.2 Å². The van der Waals surface area contributed by atoms with Crippen molar-refractivity contribution in [3.63, 3.8) is 0 Å². The van der Waals surface area contributed by atoms with E-state index in [1.165, 1.54) is 7.11 Å². The van der Waals surface area contributed by atoms with Gasteiger partial charge in [0.1, 0.15) is 0 Å². The lowest BCUT2D eigenvalue weighted by Crippen LogP contribution is -2.37. The number of aromatic nitrogens is 2. The van der Waals surface area contributed by atoms with Crippen LogP contribution in [0.4, 0.5) is 0 Å². The first kappa shape index (κ1) is 23.8. The molecule has 2 rings (SSSR count). The maximum Gasteiger partial charge on any atom is 0.240 e. The number of aryl methyl sites for hydroxylation is 2. The molecule has 0 spiro atoms. The van der Waals surface area contributed by atoms with E-state index in [1.54, 1.807) is 18.2 Å². The van der Waals surface area contributed by atoms with E-state index in [1.807, 2.05) is 38.6 Å². The Morgan fingerprint density at radius 2 is 2.03 bits per heavy atom. The molecule has 30 heavy (non-hydrogen) atoms. The van der Waals surface area contributed by atoms with Crippen LogP contribution in [-0.2, 0) is 34.9 Å². The monoisotopic (exact) mass is 436 g/mol. The van der Waals surface area contributed by atoms with E-state index in [0.717, 1.165) is 22.5 Å². The quantitative estimate of drug-likeness (QED) is 0.293. The topological polar surface area (TPSA) is 110 Å². The van der Waals surface area contributed by atoms with E-state index in [4.69, 9.17) is 4.74 Å². The smallest absolute Gasteiger partial charge is 0.240 e. The van der Waals surface area contributed by atoms with E-state index in [-0.39, 0.29) is 11.4 Å². The number of benzene rings is 1. The van der Waals surface area contributed by atoms with Gasteiger partial charge in [-0.2, -0.15) is 5.10 Å². The number of hydrogen-bond acceptors (Lipinski definition) is 5. The third-order valence-electron chi connectivity index (χ3n) is 4.66. The first-order valence-electron chi connectivity index (χ1n) is 9.87. The highest BCUT2D eigenvalue weighted by Crippen LogP contribution is 2.13. The van der Waals surface area contributed by atoms with Gasteiger partial charge in [-0.05, 0) is 38.5 Å². The van der Waals surface area contributed by atoms with Crippen molar-refractivity contribution in [3.05, 3.63) is 46.8 Å². The highest BCUT2D eigenvalue weighted by atomic mass is 32.2. The Morgan fingerprint density at radius 3 is 2.67 bits per heavy atom. The van der Waals surface area contributed by atoms with Crippen LogP contribution in [0.5, 0.6) is 0 Å². The minimum Gasteiger partial charge on any atom is -0.383 e. The molecule has 0 aliphatic rings. The molecule has 1 heterocycles. The zero-order valence-electron chi connectivity index (χ0n) is 18.3. The summed E-state index contributed by atoms with van der Waals surface area (Å²) < 4.78 is 34.1. The van der Waals surface area contributed by atoms with Gasteiger partial charge >= 0.3 is 0 Å². The van der Waals surface area contributed by atoms with Crippen LogP contribution in [0.1, 0.15) is 29.4 Å². The van der Waals surface area contributed by atoms with Crippen molar-refractivity contribution in [1.82, 2.24) is 25.1 Å². The van der Waals surface area contributed by atoms with Gasteiger partial charge in [0.05, 0.1) is 23.7 Å². The lowest BCUT2D eigenvalue weighted by Gasteiger charge is -2.12. The van der Waals surface area contributed by atoms with E-state index in [0.29, 0.717) is 32.2 Å². The van der Waals surface area contributed by atoms with E-state index >= 15 is 0 Å². The Bertz CT molecular complexity index is 969. The van der Waals surface area contributed by atoms with Crippen molar-refractivity contribution in [2.45, 2.75) is 38.8 Å². The summed E-state index contributed by atoms with van der Waals surface area (Å²) in [7, 11) is -0.122. The molecule has 0 fully saturated rings. The summed E-state index contributed by atoms with van der Waals surface area (Å²) in [5, 5.41) is 11.0. The van der Waals surface area contributed by atoms with Crippen molar-refractivity contribution in [2.75, 3.05) is 26.8 Å². The largest absolute Gasteiger partial charge is 0.383 e. The Labute approximate surface area is 179 Å². The van der Waals surface area contributed by atoms with Crippen LogP contribution >= 0.6 is 0 Å². The zero-order valence-corrected chi connectivity index (χ0v) is 19.1. The van der Waals surface area contributed by atoms with Crippen LogP contribution in [0.2, 0.25) is 0 Å². The van der Waals surface area contributed by atoms with E-state index in [2.05, 4.69) is 25.4 Å². The van der Waals surface area contributed by atoms with Crippen LogP contribution in [0.3, 0.4) is 0 Å². The molecule has 1 aromatic heterocycles. The summed E-state index contributed by atoms with van der Waals surface area (Å²) in [6, 6.07) is 6.78. The standard InChI is InChI=1S/C20H32N6O3S/c1-6-21-20(23-14-19-15(2)25-26(4)16(19)3)22-13-17-8-7-9-18(12-17)30(27,28)24-10-11-29-5/h7-9,12,24H,6,10-11,13-14H2,1-5H3,(H2,21,22,23). The Kier molecular flexibility index (Phi) is 8.82. The molecule has 0 radical (unpaired) electrons. The molecule has 0 amide bonds. The van der Waals surface area contributed by atoms with Crippen LogP contribution in [-0.4, -0.2) is 51.0 Å². The van der Waals surface area contributed by atoms with Gasteiger partial charge in [-0.3, -0.25) is 4.68 Å². The highest BCUT2D eigenvalue weighted by molar-refractivity contribution is 7.89. The number of aliphatic imine (C=N–C) groups is 1. The van der Waals surface area contributed by atoms with Crippen molar-refractivity contribution in [1.29, 1.82) is 0 Å². The molecule has 0 aliphatic heterocycles. The molecule has 1 aromatic carbocycles. The number of methoxy groups -OCH3 is 1. The molecule has 10 heteroatoms. The minimum absolute atomic E-state index is 0.214. The summed E-state index contributed by atoms with van der Waals surface area (Å²) in [6.45, 7) is 8.23. The number of ether oxygens (including phenoxy) is 1. The number of guanidine groups is 1. The third kappa shape index (κ3) is 6.54. The molecule has 0 unspecified atom stereocenters. The first-order valence-corrected chi connectivity index (χ1v) is 11.4. The summed E-state index contributed by atoms with van der Waals surface area (Å²) >= 11 is 0. The highest BCUT2D eigenvalue weighted by Gasteiger charge is 2.14.